The lowest BCUT2D eigenvalue weighted by atomic mass is 9.93. The number of ether oxygens (including phenoxy) is 1. The first-order valence-electron chi connectivity index (χ1n) is 9.91. The lowest BCUT2D eigenvalue weighted by Gasteiger charge is -2.35. The number of pyridine rings is 1. The molecule has 1 atom stereocenters. The standard InChI is InChI=1S/C20H31N5O2S.ClH/c1-24(2)10-12-27-11-4-6-14-5-3-9-25(13-14)15-7-8-23-20-16(15)17(21)18(28-20)19(22)26;/h7-8,14H,3-6,9-13,21H2,1-2H3,(H2,22,26);1H. The van der Waals surface area contributed by atoms with Gasteiger partial charge in [0.05, 0.1) is 23.4 Å². The SMILES string of the molecule is CN(C)CCOCCCC1CCCN(c2ccnc3sc(C(N)=O)c(N)c23)C1.Cl. The maximum atomic E-state index is 11.7. The minimum Gasteiger partial charge on any atom is -0.397 e. The second-order valence-corrected chi connectivity index (χ2v) is 8.73. The van der Waals surface area contributed by atoms with E-state index in [1.54, 1.807) is 6.20 Å². The average Bonchev–Trinajstić information content (AvgIpc) is 3.02. The van der Waals surface area contributed by atoms with Crippen LogP contribution in [0.15, 0.2) is 12.3 Å². The molecule has 1 unspecified atom stereocenters. The molecule has 0 spiro atoms. The number of anilines is 2. The number of nitrogens with two attached hydrogens (primary N) is 2. The highest BCUT2D eigenvalue weighted by molar-refractivity contribution is 7.21. The van der Waals surface area contributed by atoms with Crippen molar-refractivity contribution in [2.24, 2.45) is 11.7 Å². The zero-order chi connectivity index (χ0) is 20.1. The number of halogens is 1. The van der Waals surface area contributed by atoms with E-state index in [1.807, 2.05) is 6.07 Å². The lowest BCUT2D eigenvalue weighted by molar-refractivity contribution is 0.100. The van der Waals surface area contributed by atoms with Gasteiger partial charge in [0.25, 0.3) is 5.91 Å². The fourth-order valence-electron chi connectivity index (χ4n) is 3.82. The lowest BCUT2D eigenvalue weighted by Crippen LogP contribution is -2.35. The molecule has 0 radical (unpaired) electrons. The Bertz CT molecular complexity index is 814. The molecule has 3 heterocycles. The largest absolute Gasteiger partial charge is 0.397 e. The molecule has 29 heavy (non-hydrogen) atoms. The van der Waals surface area contributed by atoms with Gasteiger partial charge in [-0.05, 0) is 51.8 Å². The Morgan fingerprint density at radius 3 is 2.93 bits per heavy atom. The molecule has 0 bridgehead atoms. The van der Waals surface area contributed by atoms with Crippen LogP contribution >= 0.6 is 23.7 Å². The molecule has 1 amide bonds. The van der Waals surface area contributed by atoms with Crippen LogP contribution in [-0.2, 0) is 4.74 Å². The van der Waals surface area contributed by atoms with Gasteiger partial charge in [-0.1, -0.05) is 0 Å². The summed E-state index contributed by atoms with van der Waals surface area (Å²) in [6, 6.07) is 2.00. The Hall–Kier alpha value is -1.61. The maximum absolute atomic E-state index is 11.7. The van der Waals surface area contributed by atoms with Crippen LogP contribution in [0.25, 0.3) is 10.2 Å². The maximum Gasteiger partial charge on any atom is 0.260 e. The van der Waals surface area contributed by atoms with Crippen molar-refractivity contribution in [1.29, 1.82) is 0 Å². The first kappa shape index (κ1) is 23.7. The van der Waals surface area contributed by atoms with Crippen LogP contribution in [0.2, 0.25) is 0 Å². The van der Waals surface area contributed by atoms with E-state index in [9.17, 15) is 4.79 Å². The molecule has 0 aromatic carbocycles. The van der Waals surface area contributed by atoms with Gasteiger partial charge in [0.2, 0.25) is 0 Å². The molecule has 7 nitrogen and oxygen atoms in total. The molecule has 0 aliphatic carbocycles. The highest BCUT2D eigenvalue weighted by atomic mass is 35.5. The second-order valence-electron chi connectivity index (χ2n) is 7.73. The molecule has 1 aliphatic rings. The van der Waals surface area contributed by atoms with Gasteiger partial charge in [-0.2, -0.15) is 0 Å². The van der Waals surface area contributed by atoms with Crippen molar-refractivity contribution in [2.75, 3.05) is 57.6 Å². The number of amides is 1. The van der Waals surface area contributed by atoms with E-state index in [4.69, 9.17) is 16.2 Å². The van der Waals surface area contributed by atoms with Gasteiger partial charge in [-0.15, -0.1) is 23.7 Å². The Kier molecular flexibility index (Phi) is 8.95. The summed E-state index contributed by atoms with van der Waals surface area (Å²) in [4.78, 5) is 21.8. The number of hydrogen-bond donors (Lipinski definition) is 2. The van der Waals surface area contributed by atoms with Crippen LogP contribution in [0, 0.1) is 5.92 Å². The van der Waals surface area contributed by atoms with Crippen molar-refractivity contribution in [3.05, 3.63) is 17.1 Å². The number of aromatic nitrogens is 1. The van der Waals surface area contributed by atoms with Gasteiger partial charge < -0.3 is 26.0 Å². The van der Waals surface area contributed by atoms with Crippen molar-refractivity contribution in [1.82, 2.24) is 9.88 Å². The summed E-state index contributed by atoms with van der Waals surface area (Å²) in [7, 11) is 4.12. The zero-order valence-electron chi connectivity index (χ0n) is 17.2. The van der Waals surface area contributed by atoms with Crippen molar-refractivity contribution >= 4 is 51.2 Å². The summed E-state index contributed by atoms with van der Waals surface area (Å²) in [6.45, 7) is 4.57. The number of nitrogen functional groups attached to an aromatic ring is 1. The third-order valence-electron chi connectivity index (χ3n) is 5.27. The summed E-state index contributed by atoms with van der Waals surface area (Å²) >= 11 is 1.28. The quantitative estimate of drug-likeness (QED) is 0.580. The van der Waals surface area contributed by atoms with Crippen LogP contribution in [0.3, 0.4) is 0 Å². The van der Waals surface area contributed by atoms with Gasteiger partial charge in [0, 0.05) is 32.4 Å². The number of carbonyl (C=O) groups is 1. The Balaban J connectivity index is 0.00000300. The molecule has 1 aliphatic heterocycles. The first-order valence-corrected chi connectivity index (χ1v) is 10.7. The van der Waals surface area contributed by atoms with E-state index in [2.05, 4.69) is 28.9 Å². The molecule has 3 rings (SSSR count). The number of hydrogen-bond acceptors (Lipinski definition) is 7. The first-order chi connectivity index (χ1) is 13.5. The van der Waals surface area contributed by atoms with Crippen molar-refractivity contribution in [3.8, 4) is 0 Å². The van der Waals surface area contributed by atoms with E-state index in [0.717, 1.165) is 61.6 Å². The van der Waals surface area contributed by atoms with E-state index in [1.165, 1.54) is 24.2 Å². The molecule has 2 aromatic rings. The minimum atomic E-state index is -0.489. The fraction of sp³-hybridized carbons (Fsp3) is 0.600. The molecule has 1 fully saturated rings. The summed E-state index contributed by atoms with van der Waals surface area (Å²) in [6.07, 6.45) is 6.44. The molecule has 1 saturated heterocycles. The average molecular weight is 442 g/mol. The van der Waals surface area contributed by atoms with Gasteiger partial charge in [-0.25, -0.2) is 4.98 Å². The van der Waals surface area contributed by atoms with Crippen molar-refractivity contribution < 1.29 is 9.53 Å². The molecule has 9 heteroatoms. The highest BCUT2D eigenvalue weighted by Gasteiger charge is 2.24. The van der Waals surface area contributed by atoms with Crippen LogP contribution < -0.4 is 16.4 Å². The number of nitrogens with zero attached hydrogens (tertiary/aromatic N) is 3. The Labute approximate surface area is 182 Å². The van der Waals surface area contributed by atoms with Crippen LogP contribution in [0.4, 0.5) is 11.4 Å². The molecular weight excluding hydrogens is 410 g/mol. The topological polar surface area (TPSA) is 97.7 Å². The monoisotopic (exact) mass is 441 g/mol. The number of rotatable bonds is 9. The summed E-state index contributed by atoms with van der Waals surface area (Å²) in [5, 5.41) is 0.869. The van der Waals surface area contributed by atoms with Crippen LogP contribution in [0.5, 0.6) is 0 Å². The summed E-state index contributed by atoms with van der Waals surface area (Å²) < 4.78 is 5.72. The van der Waals surface area contributed by atoms with E-state index in [0.29, 0.717) is 16.5 Å². The van der Waals surface area contributed by atoms with E-state index >= 15 is 0 Å². The van der Waals surface area contributed by atoms with Crippen LogP contribution in [0.1, 0.15) is 35.4 Å². The van der Waals surface area contributed by atoms with Gasteiger partial charge in [0.15, 0.2) is 0 Å². The molecule has 0 saturated carbocycles. The third kappa shape index (κ3) is 5.94. The second kappa shape index (κ2) is 11.0. The van der Waals surface area contributed by atoms with E-state index < -0.39 is 5.91 Å². The van der Waals surface area contributed by atoms with Gasteiger partial charge in [0.1, 0.15) is 9.71 Å². The van der Waals surface area contributed by atoms with E-state index in [-0.39, 0.29) is 12.4 Å². The predicted octanol–water partition coefficient (Wildman–Crippen LogP) is 2.97. The zero-order valence-corrected chi connectivity index (χ0v) is 18.9. The van der Waals surface area contributed by atoms with Crippen LogP contribution in [-0.4, -0.2) is 62.7 Å². The van der Waals surface area contributed by atoms with Gasteiger partial charge in [-0.3, -0.25) is 4.79 Å². The highest BCUT2D eigenvalue weighted by Crippen LogP contribution is 2.39. The summed E-state index contributed by atoms with van der Waals surface area (Å²) in [5.74, 6) is 0.155. The van der Waals surface area contributed by atoms with Crippen molar-refractivity contribution in [2.45, 2.75) is 25.7 Å². The molecule has 162 valence electrons. The molecular formula is C20H32ClN5O2S. The fourth-order valence-corrected chi connectivity index (χ4v) is 4.75. The normalized spacial score (nSPS) is 16.9. The number of fused-ring (bicyclic) bond motifs is 1. The smallest absolute Gasteiger partial charge is 0.260 e. The minimum absolute atomic E-state index is 0. The van der Waals surface area contributed by atoms with Gasteiger partial charge >= 0.3 is 0 Å². The third-order valence-corrected chi connectivity index (χ3v) is 6.40. The predicted molar refractivity (Wildman–Crippen MR) is 123 cm³/mol. The number of carbonyl (C=O) groups excluding carboxylic acids is 1. The number of thiophene rings is 1. The molecule has 2 aromatic heterocycles. The number of likely N-dealkylation sites (N-methyl/N-ethyl adjacent to an activating group) is 1. The Morgan fingerprint density at radius 1 is 1.41 bits per heavy atom. The van der Waals surface area contributed by atoms with Crippen molar-refractivity contribution in [3.63, 3.8) is 0 Å². The number of primary amides is 1. The number of piperidine rings is 1. The molecule has 4 N–H and O–H groups in total. The summed E-state index contributed by atoms with van der Waals surface area (Å²) in [5.41, 5.74) is 13.3. The Morgan fingerprint density at radius 2 is 2.21 bits per heavy atom.